The Hall–Kier alpha value is -2.32. The maximum Gasteiger partial charge on any atom is 0.268 e. The van der Waals surface area contributed by atoms with Gasteiger partial charge in [-0.1, -0.05) is 170 Å². The van der Waals surface area contributed by atoms with Crippen molar-refractivity contribution >= 4 is 13.7 Å². The van der Waals surface area contributed by atoms with Gasteiger partial charge in [-0.15, -0.1) is 0 Å². The number of quaternary nitrogens is 1. The third-order valence-corrected chi connectivity index (χ3v) is 10.5. The number of carbonyl (C=O) groups excluding carboxylic acids is 1. The minimum absolute atomic E-state index is 0.0134. The third kappa shape index (κ3) is 41.8. The summed E-state index contributed by atoms with van der Waals surface area (Å²) in [6, 6.07) is -0.913. The van der Waals surface area contributed by atoms with E-state index in [1.54, 1.807) is 6.08 Å². The van der Waals surface area contributed by atoms with Crippen LogP contribution in [0.4, 0.5) is 0 Å². The standard InChI is InChI=1S/C49H87N2O6P/c1-6-8-10-12-14-16-18-19-20-21-22-23-24-25-26-27-28-29-30-31-33-35-37-39-41-43-49(53)50-47(46-57-58(54,55)56-45-44-51(3,4)5)48(52)42-40-38-36-34-32-17-15-13-11-9-7-2/h8,10-11,13-14,16,19-20,22-23,32,34,40,42,47-48,52H,6-7,9,12,15,17-18,21,24-31,33,35-39,41,43-46H2,1-5H3,(H-,50,53,54,55)/b10-8-,13-11+,16-14-,20-19-,23-22-,34-32+,42-40+. The predicted octanol–water partition coefficient (Wildman–Crippen LogP) is 12.3. The van der Waals surface area contributed by atoms with E-state index in [1.807, 2.05) is 27.2 Å². The van der Waals surface area contributed by atoms with Gasteiger partial charge in [0.25, 0.3) is 7.82 Å². The summed E-state index contributed by atoms with van der Waals surface area (Å²) in [5.41, 5.74) is 0. The number of amides is 1. The van der Waals surface area contributed by atoms with Crippen LogP contribution in [0.1, 0.15) is 168 Å². The van der Waals surface area contributed by atoms with Gasteiger partial charge in [-0.25, -0.2) is 0 Å². The Kier molecular flexibility index (Phi) is 38.5. The SMILES string of the molecule is CC/C=C\C/C=C\C/C=C\C/C=C\CCCCCCCCCCCCCCC(=O)NC(COP(=O)([O-])OCC[N+](C)(C)C)C(O)/C=C/CC/C=C/CC/C=C/CCC. The van der Waals surface area contributed by atoms with Crippen LogP contribution in [0.3, 0.4) is 0 Å². The summed E-state index contributed by atoms with van der Waals surface area (Å²) in [5, 5.41) is 13.7. The van der Waals surface area contributed by atoms with Gasteiger partial charge in [0.1, 0.15) is 13.2 Å². The van der Waals surface area contributed by atoms with E-state index in [9.17, 15) is 19.4 Å². The lowest BCUT2D eigenvalue weighted by Gasteiger charge is -2.29. The van der Waals surface area contributed by atoms with Gasteiger partial charge < -0.3 is 28.8 Å². The normalized spacial score (nSPS) is 15.1. The van der Waals surface area contributed by atoms with Crippen molar-refractivity contribution in [2.75, 3.05) is 40.9 Å². The lowest BCUT2D eigenvalue weighted by molar-refractivity contribution is -0.870. The van der Waals surface area contributed by atoms with E-state index in [2.05, 4.69) is 92.1 Å². The zero-order chi connectivity index (χ0) is 42.8. The average Bonchev–Trinajstić information content (AvgIpc) is 3.17. The van der Waals surface area contributed by atoms with Gasteiger partial charge in [0, 0.05) is 6.42 Å². The average molecular weight is 831 g/mol. The maximum absolute atomic E-state index is 12.8. The summed E-state index contributed by atoms with van der Waals surface area (Å²) in [4.78, 5) is 25.3. The first-order chi connectivity index (χ1) is 28.0. The number of nitrogens with zero attached hydrogens (tertiary/aromatic N) is 1. The largest absolute Gasteiger partial charge is 0.756 e. The molecule has 0 rings (SSSR count). The van der Waals surface area contributed by atoms with E-state index in [0.29, 0.717) is 17.4 Å². The monoisotopic (exact) mass is 831 g/mol. The number of unbranched alkanes of at least 4 members (excludes halogenated alkanes) is 15. The Bertz CT molecular complexity index is 1220. The van der Waals surface area contributed by atoms with Crippen molar-refractivity contribution in [1.29, 1.82) is 0 Å². The van der Waals surface area contributed by atoms with E-state index >= 15 is 0 Å². The van der Waals surface area contributed by atoms with Crippen molar-refractivity contribution in [3.05, 3.63) is 85.1 Å². The van der Waals surface area contributed by atoms with Crippen LogP contribution in [0.15, 0.2) is 85.1 Å². The zero-order valence-electron chi connectivity index (χ0n) is 37.7. The van der Waals surface area contributed by atoms with Gasteiger partial charge in [0.2, 0.25) is 5.91 Å². The molecule has 0 aromatic carbocycles. The summed E-state index contributed by atoms with van der Waals surface area (Å²) in [5.74, 6) is -0.220. The van der Waals surface area contributed by atoms with Gasteiger partial charge in [0.05, 0.1) is 39.9 Å². The van der Waals surface area contributed by atoms with Gasteiger partial charge in [0.15, 0.2) is 0 Å². The number of allylic oxidation sites excluding steroid dienone is 13. The summed E-state index contributed by atoms with van der Waals surface area (Å²) in [6.07, 6.45) is 55.0. The first kappa shape index (κ1) is 55.7. The number of nitrogens with one attached hydrogen (secondary N) is 1. The van der Waals surface area contributed by atoms with Crippen LogP contribution in [0, 0.1) is 0 Å². The highest BCUT2D eigenvalue weighted by Gasteiger charge is 2.23. The van der Waals surface area contributed by atoms with Crippen LogP contribution in [-0.2, 0) is 18.4 Å². The predicted molar refractivity (Wildman–Crippen MR) is 246 cm³/mol. The molecule has 0 aromatic heterocycles. The number of carbonyl (C=O) groups is 1. The molecular weight excluding hydrogens is 744 g/mol. The molecule has 0 aliphatic heterocycles. The first-order valence-corrected chi connectivity index (χ1v) is 24.4. The van der Waals surface area contributed by atoms with Gasteiger partial charge in [-0.2, -0.15) is 0 Å². The Morgan fingerprint density at radius 2 is 1.07 bits per heavy atom. The topological polar surface area (TPSA) is 108 Å². The number of phosphoric ester groups is 1. The van der Waals surface area contributed by atoms with Crippen LogP contribution in [0.5, 0.6) is 0 Å². The highest BCUT2D eigenvalue weighted by molar-refractivity contribution is 7.45. The van der Waals surface area contributed by atoms with E-state index in [-0.39, 0.29) is 12.5 Å². The van der Waals surface area contributed by atoms with Crippen LogP contribution in [0.25, 0.3) is 0 Å². The molecule has 9 heteroatoms. The fourth-order valence-electron chi connectivity index (χ4n) is 5.95. The molecule has 0 radical (unpaired) electrons. The molecule has 2 N–H and O–H groups in total. The van der Waals surface area contributed by atoms with Crippen molar-refractivity contribution in [2.45, 2.75) is 180 Å². The van der Waals surface area contributed by atoms with Crippen molar-refractivity contribution in [3.8, 4) is 0 Å². The molecule has 0 heterocycles. The number of likely N-dealkylation sites (N-methyl/N-ethyl adjacent to an activating group) is 1. The summed E-state index contributed by atoms with van der Waals surface area (Å²) < 4.78 is 23.1. The van der Waals surface area contributed by atoms with Crippen LogP contribution < -0.4 is 10.2 Å². The minimum Gasteiger partial charge on any atom is -0.756 e. The molecular formula is C49H87N2O6P. The molecule has 0 saturated carbocycles. The van der Waals surface area contributed by atoms with Crippen molar-refractivity contribution in [3.63, 3.8) is 0 Å². The van der Waals surface area contributed by atoms with Gasteiger partial charge in [-0.3, -0.25) is 9.36 Å². The zero-order valence-corrected chi connectivity index (χ0v) is 38.6. The van der Waals surface area contributed by atoms with Gasteiger partial charge in [-0.05, 0) is 77.0 Å². The van der Waals surface area contributed by atoms with Crippen molar-refractivity contribution in [2.24, 2.45) is 0 Å². The van der Waals surface area contributed by atoms with E-state index in [4.69, 9.17) is 9.05 Å². The molecule has 58 heavy (non-hydrogen) atoms. The molecule has 0 aliphatic carbocycles. The lowest BCUT2D eigenvalue weighted by Crippen LogP contribution is -2.45. The first-order valence-electron chi connectivity index (χ1n) is 22.9. The summed E-state index contributed by atoms with van der Waals surface area (Å²) in [7, 11) is 1.22. The van der Waals surface area contributed by atoms with Gasteiger partial charge >= 0.3 is 0 Å². The van der Waals surface area contributed by atoms with Crippen LogP contribution >= 0.6 is 7.82 Å². The summed E-state index contributed by atoms with van der Waals surface area (Å²) in [6.45, 7) is 4.40. The molecule has 334 valence electrons. The smallest absolute Gasteiger partial charge is 0.268 e. The fraction of sp³-hybridized carbons (Fsp3) is 0.694. The molecule has 0 aromatic rings. The molecule has 3 atom stereocenters. The van der Waals surface area contributed by atoms with Crippen molar-refractivity contribution < 1.29 is 32.9 Å². The molecule has 1 amide bonds. The van der Waals surface area contributed by atoms with E-state index in [0.717, 1.165) is 77.0 Å². The number of phosphoric acid groups is 1. The van der Waals surface area contributed by atoms with E-state index < -0.39 is 26.6 Å². The third-order valence-electron chi connectivity index (χ3n) is 9.55. The molecule has 0 spiro atoms. The Labute approximate surface area is 356 Å². The van der Waals surface area contributed by atoms with E-state index in [1.165, 1.54) is 70.6 Å². The van der Waals surface area contributed by atoms with Crippen LogP contribution in [0.2, 0.25) is 0 Å². The number of rotatable bonds is 40. The highest BCUT2D eigenvalue weighted by Crippen LogP contribution is 2.38. The molecule has 8 nitrogen and oxygen atoms in total. The number of aliphatic hydroxyl groups excluding tert-OH is 1. The fourth-order valence-corrected chi connectivity index (χ4v) is 6.67. The Morgan fingerprint density at radius 3 is 1.59 bits per heavy atom. The molecule has 0 aliphatic rings. The van der Waals surface area contributed by atoms with Crippen LogP contribution in [-0.4, -0.2) is 68.5 Å². The maximum atomic E-state index is 12.8. The Balaban J connectivity index is 4.28. The number of hydrogen-bond donors (Lipinski definition) is 2. The second-order valence-corrected chi connectivity index (χ2v) is 17.8. The van der Waals surface area contributed by atoms with Crippen molar-refractivity contribution in [1.82, 2.24) is 5.32 Å². The minimum atomic E-state index is -4.60. The number of aliphatic hydroxyl groups is 1. The Morgan fingerprint density at radius 1 is 0.621 bits per heavy atom. The molecule has 0 bridgehead atoms. The molecule has 0 fully saturated rings. The highest BCUT2D eigenvalue weighted by atomic mass is 31.2. The quantitative estimate of drug-likeness (QED) is 0.0276. The number of hydrogen-bond acceptors (Lipinski definition) is 6. The lowest BCUT2D eigenvalue weighted by atomic mass is 10.0. The molecule has 0 saturated heterocycles. The second kappa shape index (κ2) is 40.1. The second-order valence-electron chi connectivity index (χ2n) is 16.4. The summed E-state index contributed by atoms with van der Waals surface area (Å²) >= 11 is 0. The molecule has 3 unspecified atom stereocenters.